The van der Waals surface area contributed by atoms with E-state index in [1.165, 1.54) is 19.3 Å². The molecule has 1 aromatic carbocycles. The van der Waals surface area contributed by atoms with Crippen molar-refractivity contribution in [1.29, 1.82) is 0 Å². The van der Waals surface area contributed by atoms with E-state index < -0.39 is 0 Å². The van der Waals surface area contributed by atoms with E-state index in [1.807, 2.05) is 25.2 Å². The molecule has 0 amide bonds. The minimum Gasteiger partial charge on any atom is -0.313 e. The molecule has 1 unspecified atom stereocenters. The van der Waals surface area contributed by atoms with Crippen LogP contribution < -0.4 is 5.32 Å². The van der Waals surface area contributed by atoms with Crippen LogP contribution in [-0.4, -0.2) is 7.05 Å². The molecule has 1 aromatic rings. The molecular formula is C13H17Cl2N. The molecule has 0 heterocycles. The summed E-state index contributed by atoms with van der Waals surface area (Å²) < 4.78 is 0. The summed E-state index contributed by atoms with van der Waals surface area (Å²) in [5.74, 6) is 0.854. The lowest BCUT2D eigenvalue weighted by Crippen LogP contribution is -2.23. The first-order valence-corrected chi connectivity index (χ1v) is 6.58. The van der Waals surface area contributed by atoms with Crippen molar-refractivity contribution in [3.8, 4) is 0 Å². The highest BCUT2D eigenvalue weighted by molar-refractivity contribution is 6.33. The van der Waals surface area contributed by atoms with Gasteiger partial charge in [-0.3, -0.25) is 0 Å². The van der Waals surface area contributed by atoms with Crippen molar-refractivity contribution in [2.45, 2.75) is 31.7 Å². The van der Waals surface area contributed by atoms with Gasteiger partial charge < -0.3 is 5.32 Å². The zero-order chi connectivity index (χ0) is 11.5. The molecular weight excluding hydrogens is 241 g/mol. The van der Waals surface area contributed by atoms with Crippen molar-refractivity contribution < 1.29 is 0 Å². The van der Waals surface area contributed by atoms with Gasteiger partial charge in [-0.2, -0.15) is 0 Å². The monoisotopic (exact) mass is 257 g/mol. The average molecular weight is 258 g/mol. The third-order valence-corrected chi connectivity index (χ3v) is 4.06. The van der Waals surface area contributed by atoms with Crippen LogP contribution in [0.1, 0.15) is 37.3 Å². The molecule has 1 aliphatic carbocycles. The maximum absolute atomic E-state index is 6.22. The Morgan fingerprint density at radius 2 is 2.12 bits per heavy atom. The third-order valence-electron chi connectivity index (χ3n) is 3.48. The van der Waals surface area contributed by atoms with Crippen LogP contribution >= 0.6 is 23.2 Å². The molecule has 0 radical (unpaired) electrons. The minimum atomic E-state index is 0.330. The molecule has 0 saturated heterocycles. The molecule has 16 heavy (non-hydrogen) atoms. The van der Waals surface area contributed by atoms with E-state index in [4.69, 9.17) is 23.2 Å². The standard InChI is InChI=1S/C13H17Cl2N/c1-16-13(7-9-3-2-4-9)11-8-10(14)5-6-12(11)15/h5-6,8-9,13,16H,2-4,7H2,1H3. The van der Waals surface area contributed by atoms with E-state index in [2.05, 4.69) is 5.32 Å². The highest BCUT2D eigenvalue weighted by Gasteiger charge is 2.23. The van der Waals surface area contributed by atoms with Crippen LogP contribution in [0.3, 0.4) is 0 Å². The van der Waals surface area contributed by atoms with Gasteiger partial charge in [-0.15, -0.1) is 0 Å². The molecule has 1 fully saturated rings. The van der Waals surface area contributed by atoms with Gasteiger partial charge in [0.2, 0.25) is 0 Å². The Bertz CT molecular complexity index is 361. The second-order valence-corrected chi connectivity index (χ2v) is 5.38. The fourth-order valence-corrected chi connectivity index (χ4v) is 2.67. The number of hydrogen-bond donors (Lipinski definition) is 1. The van der Waals surface area contributed by atoms with E-state index in [9.17, 15) is 0 Å². The molecule has 0 spiro atoms. The maximum atomic E-state index is 6.22. The average Bonchev–Trinajstić information content (AvgIpc) is 2.21. The van der Waals surface area contributed by atoms with Gasteiger partial charge in [-0.05, 0) is 43.1 Å². The summed E-state index contributed by atoms with van der Waals surface area (Å²) in [7, 11) is 1.99. The molecule has 1 nitrogen and oxygen atoms in total. The molecule has 0 bridgehead atoms. The lowest BCUT2D eigenvalue weighted by atomic mass is 9.79. The Morgan fingerprint density at radius 3 is 2.69 bits per heavy atom. The van der Waals surface area contributed by atoms with Crippen LogP contribution in [0.15, 0.2) is 18.2 Å². The highest BCUT2D eigenvalue weighted by atomic mass is 35.5. The molecule has 88 valence electrons. The predicted octanol–water partition coefficient (Wildman–Crippen LogP) is 4.44. The lowest BCUT2D eigenvalue weighted by Gasteiger charge is -2.30. The first-order valence-electron chi connectivity index (χ1n) is 5.83. The van der Waals surface area contributed by atoms with Gasteiger partial charge in [0.15, 0.2) is 0 Å². The predicted molar refractivity (Wildman–Crippen MR) is 70.2 cm³/mol. The van der Waals surface area contributed by atoms with Crippen LogP contribution in [0, 0.1) is 5.92 Å². The Kier molecular flexibility index (Phi) is 4.12. The quantitative estimate of drug-likeness (QED) is 0.841. The fourth-order valence-electron chi connectivity index (χ4n) is 2.24. The molecule has 3 heteroatoms. The first kappa shape index (κ1) is 12.2. The summed E-state index contributed by atoms with van der Waals surface area (Å²) in [6.45, 7) is 0. The molecule has 1 aliphatic rings. The highest BCUT2D eigenvalue weighted by Crippen LogP contribution is 2.37. The molecule has 0 aromatic heterocycles. The fraction of sp³-hybridized carbons (Fsp3) is 0.538. The summed E-state index contributed by atoms with van der Waals surface area (Å²) >= 11 is 12.2. The van der Waals surface area contributed by atoms with Crippen LogP contribution in [0.5, 0.6) is 0 Å². The van der Waals surface area contributed by atoms with Crippen LogP contribution in [0.2, 0.25) is 10.0 Å². The van der Waals surface area contributed by atoms with Gasteiger partial charge in [-0.25, -0.2) is 0 Å². The Hall–Kier alpha value is -0.240. The topological polar surface area (TPSA) is 12.0 Å². The zero-order valence-corrected chi connectivity index (χ0v) is 11.0. The summed E-state index contributed by atoms with van der Waals surface area (Å²) in [6, 6.07) is 6.02. The van der Waals surface area contributed by atoms with E-state index in [1.54, 1.807) is 0 Å². The van der Waals surface area contributed by atoms with Crippen molar-refractivity contribution in [3.63, 3.8) is 0 Å². The number of nitrogens with one attached hydrogen (secondary N) is 1. The summed E-state index contributed by atoms with van der Waals surface area (Å²) in [5, 5.41) is 4.91. The van der Waals surface area contributed by atoms with Crippen LogP contribution in [0.4, 0.5) is 0 Å². The van der Waals surface area contributed by atoms with Gasteiger partial charge >= 0.3 is 0 Å². The van der Waals surface area contributed by atoms with Crippen molar-refractivity contribution >= 4 is 23.2 Å². The van der Waals surface area contributed by atoms with Crippen molar-refractivity contribution in [2.75, 3.05) is 7.05 Å². The summed E-state index contributed by atoms with van der Waals surface area (Å²) in [6.07, 6.45) is 5.26. The number of hydrogen-bond acceptors (Lipinski definition) is 1. The summed E-state index contributed by atoms with van der Waals surface area (Å²) in [4.78, 5) is 0. The molecule has 2 rings (SSSR count). The van der Waals surface area contributed by atoms with Crippen molar-refractivity contribution in [2.24, 2.45) is 5.92 Å². The minimum absolute atomic E-state index is 0.330. The normalized spacial score (nSPS) is 18.2. The van der Waals surface area contributed by atoms with Gasteiger partial charge in [0.1, 0.15) is 0 Å². The SMILES string of the molecule is CNC(CC1CCC1)c1cc(Cl)ccc1Cl. The smallest absolute Gasteiger partial charge is 0.0454 e. The molecule has 1 atom stereocenters. The van der Waals surface area contributed by atoms with Crippen molar-refractivity contribution in [3.05, 3.63) is 33.8 Å². The molecule has 1 N–H and O–H groups in total. The Balaban J connectivity index is 2.14. The number of halogens is 2. The number of rotatable bonds is 4. The van der Waals surface area contributed by atoms with Crippen LogP contribution in [-0.2, 0) is 0 Å². The van der Waals surface area contributed by atoms with Crippen LogP contribution in [0.25, 0.3) is 0 Å². The zero-order valence-electron chi connectivity index (χ0n) is 9.47. The van der Waals surface area contributed by atoms with E-state index >= 15 is 0 Å². The largest absolute Gasteiger partial charge is 0.313 e. The third kappa shape index (κ3) is 2.71. The second-order valence-electron chi connectivity index (χ2n) is 4.54. The maximum Gasteiger partial charge on any atom is 0.0454 e. The Labute approximate surface area is 107 Å². The first-order chi connectivity index (χ1) is 7.70. The van der Waals surface area contributed by atoms with Gasteiger partial charge in [-0.1, -0.05) is 42.5 Å². The molecule has 0 aliphatic heterocycles. The van der Waals surface area contributed by atoms with Gasteiger partial charge in [0, 0.05) is 16.1 Å². The van der Waals surface area contributed by atoms with Gasteiger partial charge in [0.05, 0.1) is 0 Å². The van der Waals surface area contributed by atoms with Crippen molar-refractivity contribution in [1.82, 2.24) is 5.32 Å². The molecule has 1 saturated carbocycles. The van der Waals surface area contributed by atoms with E-state index in [0.29, 0.717) is 6.04 Å². The van der Waals surface area contributed by atoms with Gasteiger partial charge in [0.25, 0.3) is 0 Å². The lowest BCUT2D eigenvalue weighted by molar-refractivity contribution is 0.266. The second kappa shape index (κ2) is 5.39. The number of benzene rings is 1. The van der Waals surface area contributed by atoms with E-state index in [0.717, 1.165) is 27.9 Å². The Morgan fingerprint density at radius 1 is 1.38 bits per heavy atom. The summed E-state index contributed by atoms with van der Waals surface area (Å²) in [5.41, 5.74) is 1.13. The van der Waals surface area contributed by atoms with E-state index in [-0.39, 0.29) is 0 Å².